The van der Waals surface area contributed by atoms with Gasteiger partial charge in [0, 0.05) is 101 Å². The van der Waals surface area contributed by atoms with E-state index in [0.29, 0.717) is 73.2 Å². The molecule has 0 aliphatic carbocycles. The first-order valence-corrected chi connectivity index (χ1v) is 36.9. The number of methoxy groups -OCH3 is 1. The normalized spacial score (nSPS) is 12.1. The van der Waals surface area contributed by atoms with E-state index >= 15 is 0 Å². The highest BCUT2D eigenvalue weighted by Crippen LogP contribution is 2.30. The van der Waals surface area contributed by atoms with Crippen molar-refractivity contribution < 1.29 is 56.6 Å². The van der Waals surface area contributed by atoms with Crippen LogP contribution < -0.4 is 14.2 Å². The Labute approximate surface area is 492 Å². The number of aryl methyl sites for hydroxylation is 2. The van der Waals surface area contributed by atoms with Crippen LogP contribution in [0.4, 0.5) is 0 Å². The van der Waals surface area contributed by atoms with E-state index in [0.717, 1.165) is 51.7 Å². The Morgan fingerprint density at radius 1 is 0.651 bits per heavy atom. The zero-order chi connectivity index (χ0) is 62.1. The molecule has 0 radical (unpaired) electrons. The zero-order valence-electron chi connectivity index (χ0n) is 51.9. The predicted molar refractivity (Wildman–Crippen MR) is 324 cm³/mol. The number of pyridine rings is 4. The van der Waals surface area contributed by atoms with Gasteiger partial charge < -0.3 is 38.6 Å². The third-order valence-corrected chi connectivity index (χ3v) is 16.6. The number of nitrogens with zero attached hydrogens (tertiary/aromatic N) is 10. The topological polar surface area (TPSA) is 277 Å². The molecule has 0 bridgehead atoms. The average Bonchev–Trinajstić information content (AvgIpc) is 4.12. The number of carboxylic acid groups (broad SMARTS) is 1. The molecule has 0 saturated heterocycles. The Hall–Kier alpha value is -6.52. The molecule has 0 unspecified atom stereocenters. The van der Waals surface area contributed by atoms with Crippen molar-refractivity contribution in [2.75, 3.05) is 53.0 Å². The van der Waals surface area contributed by atoms with Gasteiger partial charge >= 0.3 is 17.9 Å². The number of aliphatic hydroxyl groups excluding tert-OH is 1. The van der Waals surface area contributed by atoms with Gasteiger partial charge in [-0.25, -0.2) is 23.1 Å². The van der Waals surface area contributed by atoms with Gasteiger partial charge in [0.2, 0.25) is 38.4 Å². The van der Waals surface area contributed by atoms with Crippen molar-refractivity contribution >= 4 is 37.9 Å². The fraction of sp³-hybridized carbons (Fsp3) is 0.552. The van der Waals surface area contributed by atoms with Gasteiger partial charge in [0.05, 0.1) is 24.5 Å². The highest BCUT2D eigenvalue weighted by Gasteiger charge is 2.31. The lowest BCUT2D eigenvalue weighted by molar-refractivity contribution is -0.152. The standard InChI is InChI=1S/C28H41N5O5Si.C26H37N5O6SSi.C4H10O/c1-19(2)16-37-27-31-25(32-33(27)18-36-11-12-39(6,7)8)23-10-9-21(14-29-23)22-15-30-24(13-20(22)3)38-17-28(4,5)26(34)35;1-18-13-22(37-16-26(2,3)24(32)35-4)28-15-20(18)19-9-10-21(27-14-19)23-29-25(38(5,33)34)31(30-23)17-36-11-12-39(6,7)8;1-4(2)3-5/h9-10,13-15,19H,11-12,16-18H2,1-8H3,(H,34,35);9-10,13-15H,11-12,16-17H2,1-8H3;4-5H,3H2,1-2H3. The minimum absolute atomic E-state index is 0.00589. The second-order valence-electron chi connectivity index (χ2n) is 24.9. The molecule has 0 fully saturated rings. The monoisotopic (exact) mass is 1200 g/mol. The Morgan fingerprint density at radius 2 is 1.10 bits per heavy atom. The molecule has 2 N–H and O–H groups in total. The van der Waals surface area contributed by atoms with E-state index in [2.05, 4.69) is 93.2 Å². The van der Waals surface area contributed by atoms with Crippen molar-refractivity contribution in [3.05, 3.63) is 72.3 Å². The summed E-state index contributed by atoms with van der Waals surface area (Å²) in [6, 6.07) is 13.4. The molecule has 0 aromatic carbocycles. The lowest BCUT2D eigenvalue weighted by Gasteiger charge is -2.21. The molecule has 6 heterocycles. The van der Waals surface area contributed by atoms with Crippen molar-refractivity contribution in [1.29, 1.82) is 0 Å². The molecule has 6 aromatic rings. The van der Waals surface area contributed by atoms with Crippen molar-refractivity contribution in [3.63, 3.8) is 0 Å². The van der Waals surface area contributed by atoms with Crippen LogP contribution in [0.3, 0.4) is 0 Å². The molecule has 456 valence electrons. The van der Waals surface area contributed by atoms with Crippen LogP contribution >= 0.6 is 0 Å². The number of rotatable bonds is 27. The molecule has 0 aliphatic heterocycles. The summed E-state index contributed by atoms with van der Waals surface area (Å²) in [5, 5.41) is 26.2. The van der Waals surface area contributed by atoms with Gasteiger partial charge in [-0.1, -0.05) is 79.1 Å². The molecular formula is C58H88N10O12SSi2. The summed E-state index contributed by atoms with van der Waals surface area (Å²) in [7, 11) is -4.74. The summed E-state index contributed by atoms with van der Waals surface area (Å²) in [6.07, 6.45) is 7.89. The molecule has 22 nitrogen and oxygen atoms in total. The zero-order valence-corrected chi connectivity index (χ0v) is 54.7. The first-order chi connectivity index (χ1) is 38.6. The summed E-state index contributed by atoms with van der Waals surface area (Å²) >= 11 is 0. The van der Waals surface area contributed by atoms with Crippen LogP contribution in [0.1, 0.15) is 66.5 Å². The van der Waals surface area contributed by atoms with E-state index in [-0.39, 0.29) is 43.6 Å². The van der Waals surface area contributed by atoms with Gasteiger partial charge in [0.1, 0.15) is 38.1 Å². The summed E-state index contributed by atoms with van der Waals surface area (Å²) in [5.41, 5.74) is 4.52. The second kappa shape index (κ2) is 30.3. The van der Waals surface area contributed by atoms with Crippen LogP contribution in [0, 0.1) is 36.5 Å². The number of sulfone groups is 1. The van der Waals surface area contributed by atoms with E-state index in [1.165, 1.54) is 11.8 Å². The maximum Gasteiger partial charge on any atom is 0.317 e. The molecular weight excluding hydrogens is 1120 g/mol. The predicted octanol–water partition coefficient (Wildman–Crippen LogP) is 10.2. The first-order valence-electron chi connectivity index (χ1n) is 27.6. The Morgan fingerprint density at radius 3 is 1.48 bits per heavy atom. The molecule has 6 rings (SSSR count). The fourth-order valence-electron chi connectivity index (χ4n) is 6.82. The van der Waals surface area contributed by atoms with Crippen LogP contribution in [0.5, 0.6) is 17.8 Å². The van der Waals surface area contributed by atoms with E-state index in [1.54, 1.807) is 75.4 Å². The quantitative estimate of drug-likeness (QED) is 0.0275. The summed E-state index contributed by atoms with van der Waals surface area (Å²) in [4.78, 5) is 49.8. The van der Waals surface area contributed by atoms with Crippen molar-refractivity contribution in [2.24, 2.45) is 22.7 Å². The Balaban J connectivity index is 0.000000329. The highest BCUT2D eigenvalue weighted by molar-refractivity contribution is 7.90. The number of carbonyl (C=O) groups is 2. The van der Waals surface area contributed by atoms with E-state index in [4.69, 9.17) is 33.5 Å². The minimum atomic E-state index is -3.62. The molecule has 0 saturated carbocycles. The number of carbonyl (C=O) groups excluding carboxylic acids is 1. The van der Waals surface area contributed by atoms with Crippen molar-refractivity contribution in [3.8, 4) is 63.1 Å². The average molecular weight is 1210 g/mol. The van der Waals surface area contributed by atoms with Crippen molar-refractivity contribution in [2.45, 2.75) is 139 Å². The van der Waals surface area contributed by atoms with Crippen LogP contribution in [-0.2, 0) is 47.1 Å². The van der Waals surface area contributed by atoms with Gasteiger partial charge in [-0.05, 0) is 88.7 Å². The van der Waals surface area contributed by atoms with E-state index in [9.17, 15) is 23.1 Å². The largest absolute Gasteiger partial charge is 0.481 e. The van der Waals surface area contributed by atoms with Crippen LogP contribution in [0.25, 0.3) is 45.3 Å². The van der Waals surface area contributed by atoms with E-state index < -0.39 is 42.8 Å². The van der Waals surface area contributed by atoms with Crippen molar-refractivity contribution in [1.82, 2.24) is 49.5 Å². The Kier molecular flexibility index (Phi) is 25.2. The smallest absolute Gasteiger partial charge is 0.317 e. The van der Waals surface area contributed by atoms with Gasteiger partial charge in [0.25, 0.3) is 0 Å². The van der Waals surface area contributed by atoms with Crippen LogP contribution in [0.15, 0.2) is 66.3 Å². The third kappa shape index (κ3) is 22.5. The van der Waals surface area contributed by atoms with E-state index in [1.807, 2.05) is 45.9 Å². The third-order valence-electron chi connectivity index (χ3n) is 12.2. The molecule has 0 amide bonds. The van der Waals surface area contributed by atoms with Gasteiger partial charge in [-0.15, -0.1) is 10.2 Å². The molecule has 0 aliphatic rings. The first kappa shape index (κ1) is 69.0. The fourth-order valence-corrected chi connectivity index (χ4v) is 9.06. The molecule has 83 heavy (non-hydrogen) atoms. The number of esters is 1. The lowest BCUT2D eigenvalue weighted by atomic mass is 9.95. The molecule has 25 heteroatoms. The number of aliphatic hydroxyl groups is 1. The highest BCUT2D eigenvalue weighted by atomic mass is 32.2. The number of aromatic nitrogens is 10. The van der Waals surface area contributed by atoms with Gasteiger partial charge in [-0.3, -0.25) is 19.6 Å². The summed E-state index contributed by atoms with van der Waals surface area (Å²) in [5.74, 6) is 0.945. The summed E-state index contributed by atoms with van der Waals surface area (Å²) < 4.78 is 61.2. The van der Waals surface area contributed by atoms with Gasteiger partial charge in [0.15, 0.2) is 0 Å². The Bertz CT molecular complexity index is 3160. The number of hydrogen-bond acceptors (Lipinski definition) is 19. The summed E-state index contributed by atoms with van der Waals surface area (Å²) in [6.45, 7) is 34.8. The number of ether oxygens (including phenoxy) is 6. The number of hydrogen-bond donors (Lipinski definition) is 2. The molecule has 0 spiro atoms. The minimum Gasteiger partial charge on any atom is -0.481 e. The maximum atomic E-state index is 12.3. The second-order valence-corrected chi connectivity index (χ2v) is 38.0. The van der Waals surface area contributed by atoms with Gasteiger partial charge in [-0.2, -0.15) is 14.6 Å². The number of aliphatic carboxylic acids is 1. The van der Waals surface area contributed by atoms with Crippen LogP contribution in [-0.4, -0.2) is 149 Å². The maximum absolute atomic E-state index is 12.3. The molecule has 6 aromatic heterocycles. The lowest BCUT2D eigenvalue weighted by Crippen LogP contribution is -2.32. The van der Waals surface area contributed by atoms with Crippen LogP contribution in [0.2, 0.25) is 51.4 Å². The SMILES string of the molecule is CC(C)CO.COC(=O)C(C)(C)COc1cc(C)c(-c2ccc(-c3nc(S(C)(=O)=O)n(COCC[Si](C)(C)C)n3)nc2)cn1.Cc1cc(OCC(C)(C)C(=O)O)ncc1-c1ccc(-c2nc(OCC(C)C)n(COCC[Si](C)(C)C)n2)nc1. The molecule has 0 atom stereocenters. The number of carboxylic acids is 1.